The number of hydroxylamine groups is 1. The Hall–Kier alpha value is 1.30. The molecule has 120 valence electrons. The van der Waals surface area contributed by atoms with Gasteiger partial charge in [0, 0.05) is 0 Å². The Morgan fingerprint density at radius 3 is 1.57 bits per heavy atom. The third-order valence-electron chi connectivity index (χ3n) is 3.77. The molecule has 0 aromatic rings. The molecule has 0 amide bonds. The summed E-state index contributed by atoms with van der Waals surface area (Å²) in [6, 6.07) is 0. The van der Waals surface area contributed by atoms with E-state index in [0.717, 1.165) is 6.42 Å². The first-order valence-corrected chi connectivity index (χ1v) is 8.87. The summed E-state index contributed by atoms with van der Waals surface area (Å²) in [6.45, 7) is 2.88. The monoisotopic (exact) mass is 321 g/mol. The van der Waals surface area contributed by atoms with Crippen LogP contribution >= 0.6 is 0 Å². The van der Waals surface area contributed by atoms with E-state index in [4.69, 9.17) is 5.21 Å². The summed E-state index contributed by atoms with van der Waals surface area (Å²) in [5, 5.41) is 8.30. The van der Waals surface area contributed by atoms with Crippen molar-refractivity contribution in [1.82, 2.24) is 0 Å². The number of rotatable bonds is 16. The van der Waals surface area contributed by atoms with Gasteiger partial charge in [-0.25, -0.2) is 0 Å². The van der Waals surface area contributed by atoms with Gasteiger partial charge in [0.1, 0.15) is 0 Å². The number of unbranched alkanes of at least 4 members (excludes halogenated alkanes) is 12. The molecule has 1 N–H and O–H groups in total. The van der Waals surface area contributed by atoms with Gasteiger partial charge < -0.3 is 10.7 Å². The molecule has 0 saturated carbocycles. The first-order chi connectivity index (χ1) is 9.91. The third-order valence-corrected chi connectivity index (χ3v) is 3.77. The van der Waals surface area contributed by atoms with Gasteiger partial charge in [0.25, 0.3) is 0 Å². The van der Waals surface area contributed by atoms with Crippen LogP contribution in [0.2, 0.25) is 0 Å². The second-order valence-corrected chi connectivity index (χ2v) is 5.80. The van der Waals surface area contributed by atoms with E-state index < -0.39 is 0 Å². The zero-order valence-corrected chi connectivity index (χ0v) is 17.8. The number of hydrogen-bond acceptors (Lipinski definition) is 1. The number of hydrogen-bond donors (Lipinski definition) is 1. The standard InChI is InChI=1S/C18H36NO.K/c1-2-3-4-5-6-7-8-9-10-11-12-13-14-15-16-17-18-19-20;/h9-10,20H,2-8,11-18H2,1H3;/q-1;+1/b10-9-;. The van der Waals surface area contributed by atoms with E-state index in [1.807, 2.05) is 0 Å². The summed E-state index contributed by atoms with van der Waals surface area (Å²) >= 11 is 0. The van der Waals surface area contributed by atoms with E-state index in [0.29, 0.717) is 6.54 Å². The zero-order chi connectivity index (χ0) is 14.7. The molecule has 0 fully saturated rings. The van der Waals surface area contributed by atoms with Gasteiger partial charge >= 0.3 is 51.4 Å². The normalized spacial score (nSPS) is 11.0. The van der Waals surface area contributed by atoms with Crippen LogP contribution < -0.4 is 51.4 Å². The second-order valence-electron chi connectivity index (χ2n) is 5.80. The molecule has 0 aliphatic heterocycles. The van der Waals surface area contributed by atoms with Gasteiger partial charge in [0.2, 0.25) is 0 Å². The van der Waals surface area contributed by atoms with Crippen LogP contribution in [-0.2, 0) is 0 Å². The molecule has 0 spiro atoms. The average molecular weight is 322 g/mol. The first kappa shape index (κ1) is 24.5. The van der Waals surface area contributed by atoms with Crippen molar-refractivity contribution in [2.24, 2.45) is 0 Å². The Morgan fingerprint density at radius 2 is 1.10 bits per heavy atom. The smallest absolute Gasteiger partial charge is 0.538 e. The maximum atomic E-state index is 8.30. The van der Waals surface area contributed by atoms with Crippen molar-refractivity contribution < 1.29 is 56.6 Å². The molecule has 0 unspecified atom stereocenters. The average Bonchev–Trinajstić information content (AvgIpc) is 2.47. The van der Waals surface area contributed by atoms with E-state index >= 15 is 0 Å². The third kappa shape index (κ3) is 23.7. The van der Waals surface area contributed by atoms with Crippen molar-refractivity contribution in [1.29, 1.82) is 0 Å². The van der Waals surface area contributed by atoms with E-state index in [1.54, 1.807) is 0 Å². The molecule has 0 aliphatic carbocycles. The molecule has 0 aromatic carbocycles. The summed E-state index contributed by atoms with van der Waals surface area (Å²) in [4.78, 5) is 0. The zero-order valence-electron chi connectivity index (χ0n) is 14.7. The Kier molecular flexibility index (Phi) is 27.5. The molecule has 0 saturated heterocycles. The van der Waals surface area contributed by atoms with Crippen molar-refractivity contribution in [3.63, 3.8) is 0 Å². The van der Waals surface area contributed by atoms with Crippen molar-refractivity contribution in [2.75, 3.05) is 6.54 Å². The molecule has 0 bridgehead atoms. The second kappa shape index (κ2) is 23.6. The van der Waals surface area contributed by atoms with Crippen LogP contribution in [-0.4, -0.2) is 11.8 Å². The van der Waals surface area contributed by atoms with Crippen molar-refractivity contribution in [3.05, 3.63) is 17.6 Å². The molecular formula is C18H36KNO. The topological polar surface area (TPSA) is 34.3 Å². The van der Waals surface area contributed by atoms with Crippen LogP contribution in [0, 0.1) is 0 Å². The summed E-state index contributed by atoms with van der Waals surface area (Å²) in [7, 11) is 0. The quantitative estimate of drug-likeness (QED) is 0.200. The van der Waals surface area contributed by atoms with Gasteiger partial charge in [-0.3, -0.25) is 0 Å². The Morgan fingerprint density at radius 1 is 0.667 bits per heavy atom. The first-order valence-electron chi connectivity index (χ1n) is 8.87. The molecule has 3 heteroatoms. The maximum Gasteiger partial charge on any atom is 1.00 e. The fourth-order valence-electron chi connectivity index (χ4n) is 2.43. The summed E-state index contributed by atoms with van der Waals surface area (Å²) in [6.07, 6.45) is 23.2. The van der Waals surface area contributed by atoms with Crippen LogP contribution in [0.4, 0.5) is 0 Å². The number of allylic oxidation sites excluding steroid dienone is 2. The molecule has 0 heterocycles. The Balaban J connectivity index is 0. The molecule has 0 atom stereocenters. The minimum atomic E-state index is 0. The largest absolute Gasteiger partial charge is 1.00 e. The molecular weight excluding hydrogens is 285 g/mol. The van der Waals surface area contributed by atoms with Crippen LogP contribution in [0.25, 0.3) is 5.48 Å². The van der Waals surface area contributed by atoms with Crippen LogP contribution in [0.3, 0.4) is 0 Å². The molecule has 0 radical (unpaired) electrons. The van der Waals surface area contributed by atoms with Crippen LogP contribution in [0.1, 0.15) is 96.8 Å². The molecule has 0 rings (SSSR count). The maximum absolute atomic E-state index is 8.30. The minimum absolute atomic E-state index is 0. The van der Waals surface area contributed by atoms with Crippen molar-refractivity contribution in [3.8, 4) is 0 Å². The van der Waals surface area contributed by atoms with E-state index in [1.165, 1.54) is 83.5 Å². The summed E-state index contributed by atoms with van der Waals surface area (Å²) in [5.74, 6) is 0. The van der Waals surface area contributed by atoms with E-state index in [2.05, 4.69) is 24.6 Å². The fourth-order valence-corrected chi connectivity index (χ4v) is 2.43. The Labute approximate surface area is 175 Å². The van der Waals surface area contributed by atoms with E-state index in [-0.39, 0.29) is 51.4 Å². The van der Waals surface area contributed by atoms with Gasteiger partial charge in [0.05, 0.1) is 0 Å². The number of nitrogens with zero attached hydrogens (tertiary/aromatic N) is 1. The fraction of sp³-hybridized carbons (Fsp3) is 0.889. The minimum Gasteiger partial charge on any atom is -0.538 e. The SMILES string of the molecule is CCCCCCCC/C=C\CCCCCCCC[N-]O.[K+]. The van der Waals surface area contributed by atoms with Gasteiger partial charge in [-0.15, -0.1) is 6.54 Å². The van der Waals surface area contributed by atoms with Crippen molar-refractivity contribution >= 4 is 0 Å². The predicted molar refractivity (Wildman–Crippen MR) is 89.5 cm³/mol. The van der Waals surface area contributed by atoms with Gasteiger partial charge in [-0.2, -0.15) is 0 Å². The Bertz CT molecular complexity index is 198. The van der Waals surface area contributed by atoms with Gasteiger partial charge in [-0.1, -0.05) is 83.3 Å². The summed E-state index contributed by atoms with van der Waals surface area (Å²) < 4.78 is 0. The van der Waals surface area contributed by atoms with Crippen molar-refractivity contribution in [2.45, 2.75) is 96.8 Å². The molecule has 21 heavy (non-hydrogen) atoms. The summed E-state index contributed by atoms with van der Waals surface area (Å²) in [5.41, 5.74) is 3.13. The molecule has 0 aliphatic rings. The van der Waals surface area contributed by atoms with Crippen LogP contribution in [0.15, 0.2) is 12.2 Å². The van der Waals surface area contributed by atoms with Crippen LogP contribution in [0.5, 0.6) is 0 Å². The molecule has 0 aromatic heterocycles. The predicted octanol–water partition coefficient (Wildman–Crippen LogP) is 3.79. The van der Waals surface area contributed by atoms with Gasteiger partial charge in [-0.05, 0) is 25.7 Å². The van der Waals surface area contributed by atoms with E-state index in [9.17, 15) is 0 Å². The molecule has 2 nitrogen and oxygen atoms in total. The van der Waals surface area contributed by atoms with Gasteiger partial charge in [0.15, 0.2) is 0 Å².